The molecule has 8 atom stereocenters. The van der Waals surface area contributed by atoms with Crippen LogP contribution in [0.2, 0.25) is 0 Å². The lowest BCUT2D eigenvalue weighted by molar-refractivity contribution is -0.213. The Balaban J connectivity index is 1.76. The zero-order valence-electron chi connectivity index (χ0n) is 15.0. The van der Waals surface area contributed by atoms with Gasteiger partial charge in [-0.2, -0.15) is 0 Å². The van der Waals surface area contributed by atoms with E-state index >= 15 is 0 Å². The van der Waals surface area contributed by atoms with Crippen molar-refractivity contribution in [2.24, 2.45) is 34.0 Å². The number of fused-ring (bicyclic) bond motifs is 2. The van der Waals surface area contributed by atoms with Gasteiger partial charge in [0.05, 0.1) is 12.7 Å². The van der Waals surface area contributed by atoms with Crippen molar-refractivity contribution in [3.63, 3.8) is 0 Å². The first kappa shape index (κ1) is 17.0. The molecular formula is C20H32O4. The lowest BCUT2D eigenvalue weighted by Gasteiger charge is -2.66. The molecule has 0 amide bonds. The van der Waals surface area contributed by atoms with Crippen molar-refractivity contribution in [3.05, 3.63) is 0 Å². The molecule has 0 aromatic heterocycles. The summed E-state index contributed by atoms with van der Waals surface area (Å²) in [4.78, 5) is 11.5. The third-order valence-electron chi connectivity index (χ3n) is 9.39. The second kappa shape index (κ2) is 5.05. The lowest BCUT2D eigenvalue weighted by Crippen LogP contribution is -2.63. The molecule has 0 radical (unpaired) electrons. The van der Waals surface area contributed by atoms with Gasteiger partial charge in [0, 0.05) is 5.41 Å². The predicted molar refractivity (Wildman–Crippen MR) is 90.2 cm³/mol. The van der Waals surface area contributed by atoms with Crippen molar-refractivity contribution in [3.8, 4) is 0 Å². The highest BCUT2D eigenvalue weighted by Gasteiger charge is 2.70. The SMILES string of the molecule is C[C@@]1(CO)[C@H](O)CC[C@@]2(C)[C@H]1CC[C@H]1C[C@@H]3C[C@@]12CC[C@]3(O)C=O. The number of rotatable bonds is 2. The number of hydrogen-bond acceptors (Lipinski definition) is 4. The maximum absolute atomic E-state index is 11.5. The summed E-state index contributed by atoms with van der Waals surface area (Å²) in [6.07, 6.45) is 7.67. The van der Waals surface area contributed by atoms with Crippen molar-refractivity contribution in [2.75, 3.05) is 6.61 Å². The van der Waals surface area contributed by atoms with Crippen LogP contribution < -0.4 is 0 Å². The van der Waals surface area contributed by atoms with E-state index in [0.29, 0.717) is 18.3 Å². The average molecular weight is 336 g/mol. The van der Waals surface area contributed by atoms with E-state index in [1.165, 1.54) is 0 Å². The molecule has 0 saturated heterocycles. The highest BCUT2D eigenvalue weighted by Crippen LogP contribution is 2.75. The Morgan fingerprint density at radius 2 is 1.83 bits per heavy atom. The summed E-state index contributed by atoms with van der Waals surface area (Å²) in [7, 11) is 0. The fourth-order valence-electron chi connectivity index (χ4n) is 7.84. The Bertz CT molecular complexity index is 550. The van der Waals surface area contributed by atoms with E-state index in [1.54, 1.807) is 0 Å². The van der Waals surface area contributed by atoms with Gasteiger partial charge in [0.1, 0.15) is 5.60 Å². The molecule has 4 nitrogen and oxygen atoms in total. The molecule has 0 unspecified atom stereocenters. The molecule has 4 aliphatic rings. The number of aliphatic hydroxyl groups is 3. The third-order valence-corrected chi connectivity index (χ3v) is 9.39. The third kappa shape index (κ3) is 1.78. The molecule has 0 aromatic carbocycles. The molecule has 4 heteroatoms. The Morgan fingerprint density at radius 1 is 1.08 bits per heavy atom. The van der Waals surface area contributed by atoms with Crippen LogP contribution in [0.5, 0.6) is 0 Å². The number of aldehydes is 1. The molecule has 4 fully saturated rings. The van der Waals surface area contributed by atoms with Crippen molar-refractivity contribution in [2.45, 2.75) is 76.9 Å². The standard InChI is InChI=1S/C20H32O4/c1-17(11-21)15-4-3-13-9-14-10-19(13,7-8-20(14,24)12-22)18(15,2)6-5-16(17)23/h12-16,21,23-24H,3-11H2,1-2H3/t13-,14+,15-,16+,17-,18-,19-,20-/m0/s1. The smallest absolute Gasteiger partial charge is 0.151 e. The van der Waals surface area contributed by atoms with Crippen molar-refractivity contribution >= 4 is 6.29 Å². The van der Waals surface area contributed by atoms with Crippen LogP contribution in [0.15, 0.2) is 0 Å². The van der Waals surface area contributed by atoms with E-state index in [0.717, 1.165) is 51.2 Å². The van der Waals surface area contributed by atoms with Crippen LogP contribution >= 0.6 is 0 Å². The van der Waals surface area contributed by atoms with Crippen molar-refractivity contribution in [1.29, 1.82) is 0 Å². The minimum atomic E-state index is -1.12. The second-order valence-electron chi connectivity index (χ2n) is 9.86. The molecule has 136 valence electrons. The molecule has 2 bridgehead atoms. The first-order chi connectivity index (χ1) is 11.3. The fraction of sp³-hybridized carbons (Fsp3) is 0.950. The summed E-state index contributed by atoms with van der Waals surface area (Å²) in [6, 6.07) is 0. The van der Waals surface area contributed by atoms with Gasteiger partial charge in [-0.1, -0.05) is 13.8 Å². The highest BCUT2D eigenvalue weighted by atomic mass is 16.3. The Labute approximate surface area is 144 Å². The van der Waals surface area contributed by atoms with E-state index in [4.69, 9.17) is 0 Å². The van der Waals surface area contributed by atoms with Crippen LogP contribution in [0.25, 0.3) is 0 Å². The quantitative estimate of drug-likeness (QED) is 0.676. The van der Waals surface area contributed by atoms with E-state index < -0.39 is 17.1 Å². The van der Waals surface area contributed by atoms with Gasteiger partial charge in [-0.3, -0.25) is 0 Å². The molecule has 4 aliphatic carbocycles. The molecule has 0 heterocycles. The molecule has 0 aromatic rings. The first-order valence-corrected chi connectivity index (χ1v) is 9.73. The predicted octanol–water partition coefficient (Wildman–Crippen LogP) is 2.29. The summed E-state index contributed by atoms with van der Waals surface area (Å²) in [5, 5.41) is 31.5. The van der Waals surface area contributed by atoms with E-state index in [-0.39, 0.29) is 23.4 Å². The van der Waals surface area contributed by atoms with Crippen LogP contribution in [-0.4, -0.2) is 39.9 Å². The normalized spacial score (nSPS) is 59.5. The van der Waals surface area contributed by atoms with E-state index in [1.807, 2.05) is 0 Å². The van der Waals surface area contributed by atoms with Gasteiger partial charge in [0.2, 0.25) is 0 Å². The van der Waals surface area contributed by atoms with Crippen LogP contribution in [-0.2, 0) is 4.79 Å². The summed E-state index contributed by atoms with van der Waals surface area (Å²) < 4.78 is 0. The van der Waals surface area contributed by atoms with E-state index in [9.17, 15) is 20.1 Å². The number of carbonyl (C=O) groups is 1. The highest BCUT2D eigenvalue weighted by molar-refractivity contribution is 5.63. The van der Waals surface area contributed by atoms with Gasteiger partial charge in [-0.15, -0.1) is 0 Å². The monoisotopic (exact) mass is 336 g/mol. The Kier molecular flexibility index (Phi) is 3.57. The topological polar surface area (TPSA) is 77.8 Å². The molecular weight excluding hydrogens is 304 g/mol. The van der Waals surface area contributed by atoms with E-state index in [2.05, 4.69) is 13.8 Å². The van der Waals surface area contributed by atoms with Gasteiger partial charge in [0.25, 0.3) is 0 Å². The average Bonchev–Trinajstić information content (AvgIpc) is 2.93. The lowest BCUT2D eigenvalue weighted by atomic mass is 9.39. The molecule has 24 heavy (non-hydrogen) atoms. The number of carbonyl (C=O) groups excluding carboxylic acids is 1. The second-order valence-corrected chi connectivity index (χ2v) is 9.86. The molecule has 0 aliphatic heterocycles. The number of aliphatic hydroxyl groups excluding tert-OH is 2. The fourth-order valence-corrected chi connectivity index (χ4v) is 7.84. The van der Waals surface area contributed by atoms with Gasteiger partial charge >= 0.3 is 0 Å². The molecule has 3 N–H and O–H groups in total. The summed E-state index contributed by atoms with van der Waals surface area (Å²) in [6.45, 7) is 4.49. The largest absolute Gasteiger partial charge is 0.396 e. The maximum atomic E-state index is 11.5. The Hall–Kier alpha value is -0.450. The summed E-state index contributed by atoms with van der Waals surface area (Å²) in [5.41, 5.74) is -1.29. The molecule has 1 spiro atoms. The van der Waals surface area contributed by atoms with Crippen molar-refractivity contribution in [1.82, 2.24) is 0 Å². The summed E-state index contributed by atoms with van der Waals surface area (Å²) >= 11 is 0. The van der Waals surface area contributed by atoms with Gasteiger partial charge in [-0.25, -0.2) is 0 Å². The minimum absolute atomic E-state index is 0.0386. The zero-order chi connectivity index (χ0) is 17.4. The first-order valence-electron chi connectivity index (χ1n) is 9.73. The minimum Gasteiger partial charge on any atom is -0.396 e. The van der Waals surface area contributed by atoms with Gasteiger partial charge in [0.15, 0.2) is 6.29 Å². The summed E-state index contributed by atoms with van der Waals surface area (Å²) in [5.74, 6) is 0.989. The van der Waals surface area contributed by atoms with Gasteiger partial charge in [-0.05, 0) is 80.0 Å². The van der Waals surface area contributed by atoms with Crippen LogP contribution in [0.1, 0.15) is 65.2 Å². The van der Waals surface area contributed by atoms with Gasteiger partial charge < -0.3 is 20.1 Å². The molecule has 4 saturated carbocycles. The number of hydrogen-bond donors (Lipinski definition) is 3. The van der Waals surface area contributed by atoms with Crippen molar-refractivity contribution < 1.29 is 20.1 Å². The Morgan fingerprint density at radius 3 is 2.50 bits per heavy atom. The molecule has 4 rings (SSSR count). The van der Waals surface area contributed by atoms with Crippen LogP contribution in [0.4, 0.5) is 0 Å². The maximum Gasteiger partial charge on any atom is 0.151 e. The zero-order valence-corrected chi connectivity index (χ0v) is 15.0. The van der Waals surface area contributed by atoms with Crippen LogP contribution in [0.3, 0.4) is 0 Å². The van der Waals surface area contributed by atoms with Crippen LogP contribution in [0, 0.1) is 34.0 Å².